The number of hydrogen-bond acceptors (Lipinski definition) is 7. The standard InChI is InChI=1S/C17H16F3N5OS/c1-2-11-9-12(27-17(18,19)20)3-4-13(11)25(10-15-22-7-8-26-15)14-5-6-23-16(21)24-14/h3-9H,2,10H2,1H3,(H2,21,23,24). The number of aryl methyl sites for hydroxylation is 1. The van der Waals surface area contributed by atoms with E-state index in [1.54, 1.807) is 17.0 Å². The Balaban J connectivity index is 2.03. The minimum absolute atomic E-state index is 0.0900. The molecule has 0 bridgehead atoms. The first-order valence-corrected chi connectivity index (χ1v) is 8.80. The normalized spacial score (nSPS) is 11.6. The number of thioether (sulfide) groups is 1. The average Bonchev–Trinajstić information content (AvgIpc) is 3.11. The van der Waals surface area contributed by atoms with E-state index in [0.29, 0.717) is 23.8 Å². The summed E-state index contributed by atoms with van der Waals surface area (Å²) < 4.78 is 43.4. The molecule has 142 valence electrons. The van der Waals surface area contributed by atoms with Crippen LogP contribution in [-0.4, -0.2) is 20.5 Å². The minimum atomic E-state index is -4.34. The van der Waals surface area contributed by atoms with Crippen LogP contribution in [0.25, 0.3) is 0 Å². The van der Waals surface area contributed by atoms with Gasteiger partial charge in [-0.1, -0.05) is 6.92 Å². The Morgan fingerprint density at radius 3 is 2.63 bits per heavy atom. The van der Waals surface area contributed by atoms with Crippen LogP contribution in [-0.2, 0) is 13.0 Å². The number of nitrogens with zero attached hydrogens (tertiary/aromatic N) is 4. The number of anilines is 3. The zero-order chi connectivity index (χ0) is 19.4. The van der Waals surface area contributed by atoms with Gasteiger partial charge < -0.3 is 15.1 Å². The van der Waals surface area contributed by atoms with Crippen LogP contribution in [0.15, 0.2) is 52.2 Å². The lowest BCUT2D eigenvalue weighted by Crippen LogP contribution is -2.20. The summed E-state index contributed by atoms with van der Waals surface area (Å²) in [6.45, 7) is 2.11. The number of nitrogen functional groups attached to an aromatic ring is 1. The lowest BCUT2D eigenvalue weighted by Gasteiger charge is -2.25. The van der Waals surface area contributed by atoms with Gasteiger partial charge in [0.2, 0.25) is 11.8 Å². The molecule has 0 aliphatic carbocycles. The average molecular weight is 395 g/mol. The topological polar surface area (TPSA) is 81.1 Å². The lowest BCUT2D eigenvalue weighted by atomic mass is 10.1. The lowest BCUT2D eigenvalue weighted by molar-refractivity contribution is -0.0328. The van der Waals surface area contributed by atoms with Gasteiger partial charge in [0, 0.05) is 16.8 Å². The van der Waals surface area contributed by atoms with Crippen molar-refractivity contribution in [2.24, 2.45) is 0 Å². The monoisotopic (exact) mass is 395 g/mol. The molecule has 0 atom stereocenters. The summed E-state index contributed by atoms with van der Waals surface area (Å²) in [6.07, 6.45) is 5.02. The molecule has 27 heavy (non-hydrogen) atoms. The van der Waals surface area contributed by atoms with Gasteiger partial charge in [0.05, 0.1) is 6.20 Å². The molecule has 2 N–H and O–H groups in total. The maximum absolute atomic E-state index is 12.7. The van der Waals surface area contributed by atoms with Gasteiger partial charge in [-0.2, -0.15) is 18.2 Å². The van der Waals surface area contributed by atoms with E-state index in [9.17, 15) is 13.2 Å². The van der Waals surface area contributed by atoms with Gasteiger partial charge in [-0.25, -0.2) is 9.97 Å². The molecule has 0 aliphatic heterocycles. The van der Waals surface area contributed by atoms with Gasteiger partial charge >= 0.3 is 5.51 Å². The van der Waals surface area contributed by atoms with Crippen molar-refractivity contribution in [1.29, 1.82) is 0 Å². The van der Waals surface area contributed by atoms with E-state index >= 15 is 0 Å². The summed E-state index contributed by atoms with van der Waals surface area (Å²) in [5, 5.41) is 0. The highest BCUT2D eigenvalue weighted by atomic mass is 32.2. The number of aromatic nitrogens is 3. The first-order chi connectivity index (χ1) is 12.9. The van der Waals surface area contributed by atoms with Crippen LogP contribution in [0.4, 0.5) is 30.6 Å². The first kappa shape index (κ1) is 19.0. The second-order valence-corrected chi connectivity index (χ2v) is 6.62. The Morgan fingerprint density at radius 1 is 1.19 bits per heavy atom. The molecule has 0 spiro atoms. The van der Waals surface area contributed by atoms with Crippen LogP contribution in [0.2, 0.25) is 0 Å². The molecule has 2 heterocycles. The fourth-order valence-electron chi connectivity index (χ4n) is 2.58. The molecule has 6 nitrogen and oxygen atoms in total. The molecule has 0 saturated heterocycles. The van der Waals surface area contributed by atoms with Crippen LogP contribution in [0.5, 0.6) is 0 Å². The van der Waals surface area contributed by atoms with Gasteiger partial charge in [-0.3, -0.25) is 0 Å². The van der Waals surface area contributed by atoms with Gasteiger partial charge in [0.15, 0.2) is 0 Å². The first-order valence-electron chi connectivity index (χ1n) is 7.99. The van der Waals surface area contributed by atoms with Gasteiger partial charge in [0.1, 0.15) is 18.6 Å². The third-order valence-corrected chi connectivity index (χ3v) is 4.39. The quantitative estimate of drug-likeness (QED) is 0.613. The maximum Gasteiger partial charge on any atom is 0.446 e. The van der Waals surface area contributed by atoms with Gasteiger partial charge in [-0.05, 0) is 48.0 Å². The van der Waals surface area contributed by atoms with Crippen molar-refractivity contribution in [1.82, 2.24) is 15.0 Å². The zero-order valence-corrected chi connectivity index (χ0v) is 15.1. The molecular formula is C17H16F3N5OS. The van der Waals surface area contributed by atoms with Crippen molar-refractivity contribution < 1.29 is 17.6 Å². The molecule has 3 aromatic rings. The molecule has 0 aliphatic rings. The molecule has 1 aromatic carbocycles. The number of nitrogens with two attached hydrogens (primary N) is 1. The predicted octanol–water partition coefficient (Wildman–Crippen LogP) is 4.56. The molecule has 2 aromatic heterocycles. The van der Waals surface area contributed by atoms with Gasteiger partial charge in [-0.15, -0.1) is 0 Å². The summed E-state index contributed by atoms with van der Waals surface area (Å²) in [7, 11) is 0. The number of alkyl halides is 3. The molecule has 10 heteroatoms. The fraction of sp³-hybridized carbons (Fsp3) is 0.235. The number of oxazole rings is 1. The zero-order valence-electron chi connectivity index (χ0n) is 14.3. The highest BCUT2D eigenvalue weighted by Crippen LogP contribution is 2.39. The second kappa shape index (κ2) is 7.87. The van der Waals surface area contributed by atoms with Crippen LogP contribution >= 0.6 is 11.8 Å². The Bertz CT molecular complexity index is 902. The Hall–Kier alpha value is -2.75. The Morgan fingerprint density at radius 2 is 2.00 bits per heavy atom. The number of benzene rings is 1. The van der Waals surface area contributed by atoms with Crippen molar-refractivity contribution >= 4 is 29.2 Å². The van der Waals surface area contributed by atoms with Crippen LogP contribution in [0, 0.1) is 0 Å². The van der Waals surface area contributed by atoms with Crippen molar-refractivity contribution in [3.8, 4) is 0 Å². The smallest absolute Gasteiger partial charge is 0.446 e. The van der Waals surface area contributed by atoms with E-state index in [2.05, 4.69) is 15.0 Å². The van der Waals surface area contributed by atoms with Crippen LogP contribution in [0.3, 0.4) is 0 Å². The van der Waals surface area contributed by atoms with E-state index in [1.807, 2.05) is 6.92 Å². The highest BCUT2D eigenvalue weighted by molar-refractivity contribution is 8.00. The molecule has 0 amide bonds. The molecule has 0 unspecified atom stereocenters. The van der Waals surface area contributed by atoms with E-state index in [4.69, 9.17) is 10.2 Å². The minimum Gasteiger partial charge on any atom is -0.447 e. The largest absolute Gasteiger partial charge is 0.447 e. The Kier molecular flexibility index (Phi) is 5.54. The SMILES string of the molecule is CCc1cc(SC(F)(F)F)ccc1N(Cc1ncco1)c1ccnc(N)n1. The van der Waals surface area contributed by atoms with Crippen molar-refractivity contribution in [2.75, 3.05) is 10.6 Å². The maximum atomic E-state index is 12.7. The van der Waals surface area contributed by atoms with Crippen LogP contribution in [0.1, 0.15) is 18.4 Å². The number of hydrogen-bond donors (Lipinski definition) is 1. The summed E-state index contributed by atoms with van der Waals surface area (Å²) >= 11 is -0.141. The third-order valence-electron chi connectivity index (χ3n) is 3.67. The van der Waals surface area contributed by atoms with E-state index < -0.39 is 5.51 Å². The summed E-state index contributed by atoms with van der Waals surface area (Å²) in [6, 6.07) is 6.26. The summed E-state index contributed by atoms with van der Waals surface area (Å²) in [5.74, 6) is 1.02. The molecule has 0 radical (unpaired) electrons. The van der Waals surface area contributed by atoms with Crippen molar-refractivity contribution in [2.45, 2.75) is 30.3 Å². The van der Waals surface area contributed by atoms with E-state index in [-0.39, 0.29) is 29.2 Å². The summed E-state index contributed by atoms with van der Waals surface area (Å²) in [5.41, 5.74) is 2.78. The fourth-order valence-corrected chi connectivity index (χ4v) is 3.18. The van der Waals surface area contributed by atoms with Crippen molar-refractivity contribution in [3.05, 3.63) is 54.4 Å². The third kappa shape index (κ3) is 4.91. The number of rotatable bonds is 6. The van der Waals surface area contributed by atoms with E-state index in [1.165, 1.54) is 30.8 Å². The van der Waals surface area contributed by atoms with Crippen LogP contribution < -0.4 is 10.6 Å². The summed E-state index contributed by atoms with van der Waals surface area (Å²) in [4.78, 5) is 14.1. The van der Waals surface area contributed by atoms with Gasteiger partial charge in [0.25, 0.3) is 0 Å². The van der Waals surface area contributed by atoms with Crippen molar-refractivity contribution in [3.63, 3.8) is 0 Å². The van der Waals surface area contributed by atoms with E-state index in [0.717, 1.165) is 5.56 Å². The predicted molar refractivity (Wildman–Crippen MR) is 96.5 cm³/mol. The Labute approximate surface area is 157 Å². The highest BCUT2D eigenvalue weighted by Gasteiger charge is 2.29. The number of halogens is 3. The molecule has 0 saturated carbocycles. The molecular weight excluding hydrogens is 379 g/mol. The second-order valence-electron chi connectivity index (χ2n) is 5.48. The molecule has 3 rings (SSSR count). The molecule has 0 fully saturated rings.